The van der Waals surface area contributed by atoms with Gasteiger partial charge in [-0.25, -0.2) is 9.59 Å². The summed E-state index contributed by atoms with van der Waals surface area (Å²) in [6.07, 6.45) is 16.3. The standard InChI is InChI=1S/C29H54O6/c1-5-7-19-25(6-2)23-33-29(31)35-27-21-16-15-20-26(27)34-28(30)32-22-17-13-11-9-8-10-12-14-18-24(3)4/h24-27H,5-23H2,1-4H3. The van der Waals surface area contributed by atoms with Gasteiger partial charge in [-0.05, 0) is 50.4 Å². The number of rotatable bonds is 19. The number of hydrogen-bond donors (Lipinski definition) is 0. The highest BCUT2D eigenvalue weighted by Crippen LogP contribution is 2.25. The topological polar surface area (TPSA) is 71.1 Å². The lowest BCUT2D eigenvalue weighted by Crippen LogP contribution is -2.38. The molecule has 0 saturated heterocycles. The zero-order chi connectivity index (χ0) is 25.7. The van der Waals surface area contributed by atoms with Crippen molar-refractivity contribution in [1.29, 1.82) is 0 Å². The summed E-state index contributed by atoms with van der Waals surface area (Å²) in [5.41, 5.74) is 0. The van der Waals surface area contributed by atoms with Crippen LogP contribution in [0.25, 0.3) is 0 Å². The Kier molecular flexibility index (Phi) is 18.7. The maximum atomic E-state index is 12.2. The predicted molar refractivity (Wildman–Crippen MR) is 141 cm³/mol. The minimum atomic E-state index is -0.659. The van der Waals surface area contributed by atoms with E-state index < -0.39 is 24.5 Å². The van der Waals surface area contributed by atoms with Crippen molar-refractivity contribution < 1.29 is 28.5 Å². The third kappa shape index (κ3) is 16.8. The minimum Gasteiger partial charge on any atom is -0.434 e. The fourth-order valence-corrected chi connectivity index (χ4v) is 4.60. The lowest BCUT2D eigenvalue weighted by atomic mass is 9.95. The van der Waals surface area contributed by atoms with Gasteiger partial charge in [0.15, 0.2) is 0 Å². The van der Waals surface area contributed by atoms with Crippen molar-refractivity contribution in [2.75, 3.05) is 13.2 Å². The van der Waals surface area contributed by atoms with Gasteiger partial charge in [0.1, 0.15) is 12.2 Å². The first-order valence-corrected chi connectivity index (χ1v) is 14.6. The van der Waals surface area contributed by atoms with E-state index in [0.29, 0.717) is 32.0 Å². The molecule has 1 rings (SSSR count). The number of carbonyl (C=O) groups is 2. The molecule has 6 heteroatoms. The fourth-order valence-electron chi connectivity index (χ4n) is 4.60. The van der Waals surface area contributed by atoms with E-state index in [-0.39, 0.29) is 0 Å². The van der Waals surface area contributed by atoms with Gasteiger partial charge in [-0.1, -0.05) is 98.3 Å². The molecular formula is C29H54O6. The van der Waals surface area contributed by atoms with E-state index >= 15 is 0 Å². The van der Waals surface area contributed by atoms with Crippen LogP contribution in [0.15, 0.2) is 0 Å². The molecule has 206 valence electrons. The van der Waals surface area contributed by atoms with Gasteiger partial charge in [0.25, 0.3) is 0 Å². The largest absolute Gasteiger partial charge is 0.508 e. The van der Waals surface area contributed by atoms with Gasteiger partial charge in [-0.15, -0.1) is 0 Å². The van der Waals surface area contributed by atoms with Crippen LogP contribution in [0.1, 0.15) is 137 Å². The van der Waals surface area contributed by atoms with E-state index in [0.717, 1.165) is 57.3 Å². The molecule has 0 bridgehead atoms. The monoisotopic (exact) mass is 498 g/mol. The SMILES string of the molecule is CCCCC(CC)COC(=O)OC1CCCCC1OC(=O)OCCCCCCCCCCC(C)C. The molecule has 0 spiro atoms. The average Bonchev–Trinajstić information content (AvgIpc) is 2.83. The van der Waals surface area contributed by atoms with Crippen LogP contribution >= 0.6 is 0 Å². The minimum absolute atomic E-state index is 0.366. The molecule has 0 aromatic heterocycles. The van der Waals surface area contributed by atoms with E-state index in [1.807, 2.05) is 0 Å². The van der Waals surface area contributed by atoms with Crippen LogP contribution in [0.2, 0.25) is 0 Å². The van der Waals surface area contributed by atoms with Gasteiger partial charge >= 0.3 is 12.3 Å². The summed E-state index contributed by atoms with van der Waals surface area (Å²) in [5.74, 6) is 1.18. The molecule has 0 heterocycles. The summed E-state index contributed by atoms with van der Waals surface area (Å²) in [5, 5.41) is 0. The van der Waals surface area contributed by atoms with E-state index in [1.54, 1.807) is 0 Å². The van der Waals surface area contributed by atoms with Crippen LogP contribution in [0.5, 0.6) is 0 Å². The molecule has 0 amide bonds. The summed E-state index contributed by atoms with van der Waals surface area (Å²) in [7, 11) is 0. The van der Waals surface area contributed by atoms with Crippen molar-refractivity contribution in [1.82, 2.24) is 0 Å². The number of ether oxygens (including phenoxy) is 4. The van der Waals surface area contributed by atoms with Crippen molar-refractivity contribution >= 4 is 12.3 Å². The highest BCUT2D eigenvalue weighted by Gasteiger charge is 2.32. The molecule has 3 atom stereocenters. The van der Waals surface area contributed by atoms with Gasteiger partial charge in [-0.2, -0.15) is 0 Å². The lowest BCUT2D eigenvalue weighted by molar-refractivity contribution is -0.0730. The van der Waals surface area contributed by atoms with Crippen molar-refractivity contribution in [3.05, 3.63) is 0 Å². The zero-order valence-electron chi connectivity index (χ0n) is 23.2. The first-order valence-electron chi connectivity index (χ1n) is 14.6. The summed E-state index contributed by atoms with van der Waals surface area (Å²) in [6.45, 7) is 9.60. The summed E-state index contributed by atoms with van der Waals surface area (Å²) >= 11 is 0. The van der Waals surface area contributed by atoms with Crippen LogP contribution in [0, 0.1) is 11.8 Å². The maximum absolute atomic E-state index is 12.2. The molecule has 1 aliphatic rings. The Morgan fingerprint density at radius 1 is 0.714 bits per heavy atom. The maximum Gasteiger partial charge on any atom is 0.508 e. The molecule has 0 aromatic rings. The van der Waals surface area contributed by atoms with Crippen LogP contribution < -0.4 is 0 Å². The Balaban J connectivity index is 2.15. The molecule has 0 N–H and O–H groups in total. The molecule has 1 aliphatic carbocycles. The van der Waals surface area contributed by atoms with Crippen molar-refractivity contribution in [2.24, 2.45) is 11.8 Å². The Labute approximate surface area is 215 Å². The summed E-state index contributed by atoms with van der Waals surface area (Å²) < 4.78 is 21.7. The highest BCUT2D eigenvalue weighted by atomic mass is 16.8. The third-order valence-electron chi connectivity index (χ3n) is 7.01. The van der Waals surface area contributed by atoms with Gasteiger partial charge in [-0.3, -0.25) is 0 Å². The molecular weight excluding hydrogens is 444 g/mol. The number of hydrogen-bond acceptors (Lipinski definition) is 6. The van der Waals surface area contributed by atoms with E-state index in [9.17, 15) is 9.59 Å². The Morgan fingerprint density at radius 2 is 1.26 bits per heavy atom. The normalized spacial score (nSPS) is 18.8. The Bertz CT molecular complexity index is 535. The molecule has 0 radical (unpaired) electrons. The summed E-state index contributed by atoms with van der Waals surface area (Å²) in [4.78, 5) is 24.4. The molecule has 1 fully saturated rings. The second-order valence-electron chi connectivity index (χ2n) is 10.7. The van der Waals surface area contributed by atoms with Gasteiger partial charge < -0.3 is 18.9 Å². The summed E-state index contributed by atoms with van der Waals surface area (Å²) in [6, 6.07) is 0. The van der Waals surface area contributed by atoms with E-state index in [1.165, 1.54) is 44.9 Å². The fraction of sp³-hybridized carbons (Fsp3) is 0.931. The average molecular weight is 499 g/mol. The quantitative estimate of drug-likeness (QED) is 0.131. The van der Waals surface area contributed by atoms with Crippen LogP contribution in [-0.2, 0) is 18.9 Å². The first-order chi connectivity index (χ1) is 17.0. The van der Waals surface area contributed by atoms with Crippen molar-refractivity contribution in [3.63, 3.8) is 0 Å². The lowest BCUT2D eigenvalue weighted by Gasteiger charge is -2.30. The van der Waals surface area contributed by atoms with E-state index in [4.69, 9.17) is 18.9 Å². The Hall–Kier alpha value is -1.46. The van der Waals surface area contributed by atoms with E-state index in [2.05, 4.69) is 27.7 Å². The molecule has 6 nitrogen and oxygen atoms in total. The second kappa shape index (κ2) is 20.7. The van der Waals surface area contributed by atoms with Gasteiger partial charge in [0, 0.05) is 0 Å². The van der Waals surface area contributed by atoms with Crippen LogP contribution in [-0.4, -0.2) is 37.7 Å². The highest BCUT2D eigenvalue weighted by molar-refractivity contribution is 5.61. The molecule has 35 heavy (non-hydrogen) atoms. The van der Waals surface area contributed by atoms with Gasteiger partial charge in [0.05, 0.1) is 13.2 Å². The molecule has 0 aliphatic heterocycles. The van der Waals surface area contributed by atoms with Crippen LogP contribution in [0.3, 0.4) is 0 Å². The number of carbonyl (C=O) groups excluding carboxylic acids is 2. The zero-order valence-corrected chi connectivity index (χ0v) is 23.2. The third-order valence-corrected chi connectivity index (χ3v) is 7.01. The van der Waals surface area contributed by atoms with Crippen molar-refractivity contribution in [2.45, 2.75) is 149 Å². The molecule has 0 aromatic carbocycles. The first kappa shape index (κ1) is 31.6. The molecule has 3 unspecified atom stereocenters. The second-order valence-corrected chi connectivity index (χ2v) is 10.7. The molecule has 1 saturated carbocycles. The van der Waals surface area contributed by atoms with Gasteiger partial charge in [0.2, 0.25) is 0 Å². The number of unbranched alkanes of at least 4 members (excludes halogenated alkanes) is 8. The van der Waals surface area contributed by atoms with Crippen molar-refractivity contribution in [3.8, 4) is 0 Å². The Morgan fingerprint density at radius 3 is 1.80 bits per heavy atom. The van der Waals surface area contributed by atoms with Crippen LogP contribution in [0.4, 0.5) is 9.59 Å². The smallest absolute Gasteiger partial charge is 0.434 e. The predicted octanol–water partition coefficient (Wildman–Crippen LogP) is 8.99.